The number of hydrogen-bond donors (Lipinski definition) is 1. The number of carbonyl (C=O) groups excluding carboxylic acids is 1. The molecule has 1 unspecified atom stereocenters. The normalized spacial score (nSPS) is 18.5. The Labute approximate surface area is 129 Å². The van der Waals surface area contributed by atoms with Gasteiger partial charge in [0, 0.05) is 6.54 Å². The van der Waals surface area contributed by atoms with E-state index in [0.717, 1.165) is 43.0 Å². The lowest BCUT2D eigenvalue weighted by atomic mass is 9.99. The van der Waals surface area contributed by atoms with Crippen molar-refractivity contribution in [3.63, 3.8) is 0 Å². The Morgan fingerprint density at radius 2 is 2.27 bits per heavy atom. The van der Waals surface area contributed by atoms with Gasteiger partial charge >= 0.3 is 0 Å². The van der Waals surface area contributed by atoms with E-state index in [0.29, 0.717) is 12.0 Å². The molecule has 0 bridgehead atoms. The zero-order valence-electron chi connectivity index (χ0n) is 12.9. The van der Waals surface area contributed by atoms with Gasteiger partial charge in [0.25, 0.3) is 5.91 Å². The summed E-state index contributed by atoms with van der Waals surface area (Å²) < 4.78 is 0. The van der Waals surface area contributed by atoms with Crippen LogP contribution in [0.25, 0.3) is 0 Å². The highest BCUT2D eigenvalue weighted by Crippen LogP contribution is 2.30. The molecule has 0 aromatic carbocycles. The molecular formula is C15H20N6O. The van der Waals surface area contributed by atoms with Gasteiger partial charge in [-0.2, -0.15) is 15.3 Å². The fourth-order valence-electron chi connectivity index (χ4n) is 2.95. The van der Waals surface area contributed by atoms with Crippen molar-refractivity contribution in [1.29, 1.82) is 0 Å². The quantitative estimate of drug-likeness (QED) is 0.934. The highest BCUT2D eigenvalue weighted by atomic mass is 16.2. The maximum atomic E-state index is 13.0. The minimum Gasteiger partial charge on any atom is -0.328 e. The Hall–Kier alpha value is -2.31. The smallest absolute Gasteiger partial charge is 0.256 e. The molecule has 3 heterocycles. The van der Waals surface area contributed by atoms with E-state index in [1.807, 2.05) is 24.8 Å². The van der Waals surface area contributed by atoms with Crippen LogP contribution in [-0.2, 0) is 6.42 Å². The number of hydrogen-bond acceptors (Lipinski definition) is 5. The van der Waals surface area contributed by atoms with Crippen LogP contribution in [0.3, 0.4) is 0 Å². The van der Waals surface area contributed by atoms with Gasteiger partial charge in [-0.1, -0.05) is 6.92 Å². The highest BCUT2D eigenvalue weighted by Gasteiger charge is 2.31. The topological polar surface area (TPSA) is 87.7 Å². The molecule has 22 heavy (non-hydrogen) atoms. The van der Waals surface area contributed by atoms with Crippen LogP contribution in [-0.4, -0.2) is 42.7 Å². The SMILES string of the molecule is CCc1nnc(C)cc1C(=O)N1CCCCC1c1ncn[nH]1. The molecule has 7 heteroatoms. The number of nitrogens with zero attached hydrogens (tertiary/aromatic N) is 5. The van der Waals surface area contributed by atoms with Gasteiger partial charge in [-0.15, -0.1) is 0 Å². The Bertz CT molecular complexity index is 654. The number of piperidine rings is 1. The minimum absolute atomic E-state index is 0.0101. The predicted molar refractivity (Wildman–Crippen MR) is 80.2 cm³/mol. The van der Waals surface area contributed by atoms with Gasteiger partial charge in [0.1, 0.15) is 12.2 Å². The summed E-state index contributed by atoms with van der Waals surface area (Å²) in [6.45, 7) is 4.57. The third-order valence-electron chi connectivity index (χ3n) is 4.07. The first-order valence-electron chi connectivity index (χ1n) is 7.70. The zero-order chi connectivity index (χ0) is 15.5. The van der Waals surface area contributed by atoms with Crippen LogP contribution in [0.2, 0.25) is 0 Å². The van der Waals surface area contributed by atoms with E-state index < -0.39 is 0 Å². The van der Waals surface area contributed by atoms with Crippen molar-refractivity contribution in [2.24, 2.45) is 0 Å². The lowest BCUT2D eigenvalue weighted by Crippen LogP contribution is -2.39. The molecule has 7 nitrogen and oxygen atoms in total. The van der Waals surface area contributed by atoms with Crippen molar-refractivity contribution in [1.82, 2.24) is 30.3 Å². The number of amides is 1. The summed E-state index contributed by atoms with van der Waals surface area (Å²) in [5.74, 6) is 0.765. The molecule has 0 radical (unpaired) electrons. The van der Waals surface area contributed by atoms with Crippen LogP contribution in [0.15, 0.2) is 12.4 Å². The van der Waals surface area contributed by atoms with Gasteiger partial charge in [-0.05, 0) is 38.7 Å². The first-order chi connectivity index (χ1) is 10.7. The van der Waals surface area contributed by atoms with Crippen molar-refractivity contribution >= 4 is 5.91 Å². The third-order valence-corrected chi connectivity index (χ3v) is 4.07. The van der Waals surface area contributed by atoms with Gasteiger partial charge in [-0.3, -0.25) is 9.89 Å². The number of likely N-dealkylation sites (tertiary alicyclic amines) is 1. The molecule has 0 aliphatic carbocycles. The van der Waals surface area contributed by atoms with E-state index >= 15 is 0 Å². The Balaban J connectivity index is 1.94. The van der Waals surface area contributed by atoms with Crippen molar-refractivity contribution in [3.8, 4) is 0 Å². The molecule has 2 aromatic heterocycles. The molecule has 0 spiro atoms. The van der Waals surface area contributed by atoms with Gasteiger partial charge < -0.3 is 4.90 Å². The average molecular weight is 300 g/mol. The average Bonchev–Trinajstić information content (AvgIpc) is 3.08. The van der Waals surface area contributed by atoms with Gasteiger partial charge in [0.2, 0.25) is 0 Å². The number of carbonyl (C=O) groups is 1. The van der Waals surface area contributed by atoms with Crippen LogP contribution in [0, 0.1) is 6.92 Å². The summed E-state index contributed by atoms with van der Waals surface area (Å²) in [4.78, 5) is 19.2. The summed E-state index contributed by atoms with van der Waals surface area (Å²) in [5, 5.41) is 15.0. The van der Waals surface area contributed by atoms with Crippen LogP contribution in [0.5, 0.6) is 0 Å². The number of aromatic amines is 1. The zero-order valence-corrected chi connectivity index (χ0v) is 12.9. The lowest BCUT2D eigenvalue weighted by Gasteiger charge is -2.34. The molecule has 1 N–H and O–H groups in total. The summed E-state index contributed by atoms with van der Waals surface area (Å²) in [6.07, 6.45) is 5.18. The lowest BCUT2D eigenvalue weighted by molar-refractivity contribution is 0.0598. The highest BCUT2D eigenvalue weighted by molar-refractivity contribution is 5.95. The number of rotatable bonds is 3. The Morgan fingerprint density at radius 3 is 3.00 bits per heavy atom. The van der Waals surface area contributed by atoms with Crippen molar-refractivity contribution in [2.75, 3.05) is 6.54 Å². The molecule has 1 aliphatic rings. The predicted octanol–water partition coefficient (Wildman–Crippen LogP) is 1.83. The van der Waals surface area contributed by atoms with E-state index in [1.165, 1.54) is 6.33 Å². The molecule has 0 saturated carbocycles. The van der Waals surface area contributed by atoms with Gasteiger partial charge in [0.05, 0.1) is 23.0 Å². The monoisotopic (exact) mass is 300 g/mol. The number of nitrogens with one attached hydrogen (secondary N) is 1. The summed E-state index contributed by atoms with van der Waals surface area (Å²) >= 11 is 0. The fraction of sp³-hybridized carbons (Fsp3) is 0.533. The summed E-state index contributed by atoms with van der Waals surface area (Å²) in [5.41, 5.74) is 2.16. The van der Waals surface area contributed by atoms with Crippen molar-refractivity contribution < 1.29 is 4.79 Å². The second-order valence-corrected chi connectivity index (χ2v) is 5.58. The van der Waals surface area contributed by atoms with E-state index in [1.54, 1.807) is 0 Å². The van der Waals surface area contributed by atoms with E-state index in [2.05, 4.69) is 25.4 Å². The van der Waals surface area contributed by atoms with Crippen molar-refractivity contribution in [2.45, 2.75) is 45.6 Å². The third kappa shape index (κ3) is 2.70. The number of H-pyrrole nitrogens is 1. The molecule has 1 fully saturated rings. The van der Waals surface area contributed by atoms with E-state index in [-0.39, 0.29) is 11.9 Å². The summed E-state index contributed by atoms with van der Waals surface area (Å²) in [6, 6.07) is 1.79. The number of aromatic nitrogens is 5. The Morgan fingerprint density at radius 1 is 1.41 bits per heavy atom. The molecule has 116 valence electrons. The molecular weight excluding hydrogens is 280 g/mol. The standard InChI is InChI=1S/C15H20N6O/c1-3-12-11(8-10(2)18-19-12)15(22)21-7-5-4-6-13(21)14-16-9-17-20-14/h8-9,13H,3-7H2,1-2H3,(H,16,17,20). The maximum absolute atomic E-state index is 13.0. The molecule has 1 saturated heterocycles. The molecule has 3 rings (SSSR count). The van der Waals surface area contributed by atoms with Gasteiger partial charge in [0.15, 0.2) is 0 Å². The van der Waals surface area contributed by atoms with Crippen LogP contribution < -0.4 is 0 Å². The Kier molecular flexibility index (Phi) is 4.13. The largest absolute Gasteiger partial charge is 0.328 e. The minimum atomic E-state index is -0.0399. The second-order valence-electron chi connectivity index (χ2n) is 5.58. The van der Waals surface area contributed by atoms with Crippen LogP contribution in [0.1, 0.15) is 59.8 Å². The molecule has 1 aliphatic heterocycles. The van der Waals surface area contributed by atoms with Crippen molar-refractivity contribution in [3.05, 3.63) is 35.2 Å². The maximum Gasteiger partial charge on any atom is 0.256 e. The molecule has 2 aromatic rings. The molecule has 1 atom stereocenters. The first-order valence-corrected chi connectivity index (χ1v) is 7.70. The second kappa shape index (κ2) is 6.21. The van der Waals surface area contributed by atoms with Crippen LogP contribution in [0.4, 0.5) is 0 Å². The first kappa shape index (κ1) is 14.6. The molecule has 1 amide bonds. The summed E-state index contributed by atoms with van der Waals surface area (Å²) in [7, 11) is 0. The van der Waals surface area contributed by atoms with Crippen LogP contribution >= 0.6 is 0 Å². The number of aryl methyl sites for hydroxylation is 2. The van der Waals surface area contributed by atoms with Gasteiger partial charge in [-0.25, -0.2) is 4.98 Å². The van der Waals surface area contributed by atoms with E-state index in [9.17, 15) is 4.79 Å². The fourth-order valence-corrected chi connectivity index (χ4v) is 2.95. The van der Waals surface area contributed by atoms with E-state index in [4.69, 9.17) is 0 Å².